The Morgan fingerprint density at radius 1 is 1.12 bits per heavy atom. The Morgan fingerprint density at radius 3 is 2.49 bits per heavy atom. The molecule has 0 aromatic rings. The van der Waals surface area contributed by atoms with E-state index in [2.05, 4.69) is 61.2 Å². The second-order valence-electron chi connectivity index (χ2n) is 12.9. The van der Waals surface area contributed by atoms with E-state index >= 15 is 0 Å². The average molecular weight is 595 g/mol. The molecule has 41 heavy (non-hydrogen) atoms. The van der Waals surface area contributed by atoms with E-state index in [1.54, 1.807) is 7.05 Å². The van der Waals surface area contributed by atoms with Crippen molar-refractivity contribution in [3.05, 3.63) is 0 Å². The van der Waals surface area contributed by atoms with Crippen molar-refractivity contribution in [2.45, 2.75) is 104 Å². The van der Waals surface area contributed by atoms with Crippen LogP contribution in [0.25, 0.3) is 0 Å². The summed E-state index contributed by atoms with van der Waals surface area (Å²) in [6.45, 7) is 13.0. The van der Waals surface area contributed by atoms with Crippen LogP contribution in [0.3, 0.4) is 0 Å². The molecule has 1 saturated heterocycles. The highest BCUT2D eigenvalue weighted by molar-refractivity contribution is 7.99. The molecule has 3 aliphatic carbocycles. The topological polar surface area (TPSA) is 154 Å². The van der Waals surface area contributed by atoms with Gasteiger partial charge in [-0.2, -0.15) is 0 Å². The van der Waals surface area contributed by atoms with Crippen molar-refractivity contribution in [3.8, 4) is 0 Å². The van der Waals surface area contributed by atoms with E-state index in [1.165, 1.54) is 18.7 Å². The van der Waals surface area contributed by atoms with Crippen molar-refractivity contribution < 1.29 is 23.7 Å². The van der Waals surface area contributed by atoms with Gasteiger partial charge in [0.25, 0.3) is 0 Å². The van der Waals surface area contributed by atoms with Crippen LogP contribution in [-0.2, 0) is 23.7 Å². The summed E-state index contributed by atoms with van der Waals surface area (Å²) < 4.78 is 13.2. The second kappa shape index (κ2) is 14.5. The molecule has 0 spiro atoms. The van der Waals surface area contributed by atoms with E-state index in [0.717, 1.165) is 12.8 Å². The highest BCUT2D eigenvalue weighted by atomic mass is 32.2. The summed E-state index contributed by atoms with van der Waals surface area (Å²) in [6.07, 6.45) is 4.09. The molecule has 3 saturated carbocycles. The first-order valence-electron chi connectivity index (χ1n) is 15.0. The normalized spacial score (nSPS) is 27.2. The number of carbonyl (C=O) groups is 3. The van der Waals surface area contributed by atoms with Gasteiger partial charge in [0.2, 0.25) is 17.7 Å². The first-order valence-corrected chi connectivity index (χ1v) is 16.2. The minimum atomic E-state index is -0.728. The molecule has 13 heteroatoms. The lowest BCUT2D eigenvalue weighted by Crippen LogP contribution is -2.65. The largest absolute Gasteiger partial charge is 0.481 e. The van der Waals surface area contributed by atoms with E-state index in [0.29, 0.717) is 55.2 Å². The summed E-state index contributed by atoms with van der Waals surface area (Å²) in [5.41, 5.74) is -0.136. The van der Waals surface area contributed by atoms with Crippen molar-refractivity contribution >= 4 is 42.6 Å². The first-order chi connectivity index (χ1) is 19.3. The van der Waals surface area contributed by atoms with Gasteiger partial charge in [-0.25, -0.2) is 0 Å². The molecule has 0 unspecified atom stereocenters. The predicted octanol–water partition coefficient (Wildman–Crippen LogP) is 2.01. The molecule has 6 atom stereocenters. The summed E-state index contributed by atoms with van der Waals surface area (Å²) in [5.74, 6) is 1.62. The van der Waals surface area contributed by atoms with Crippen molar-refractivity contribution in [1.29, 1.82) is 5.41 Å². The zero-order chi connectivity index (χ0) is 30.4. The highest BCUT2D eigenvalue weighted by Crippen LogP contribution is 2.65. The smallest absolute Gasteiger partial charge is 0.404 e. The van der Waals surface area contributed by atoms with Crippen molar-refractivity contribution in [3.63, 3.8) is 0 Å². The van der Waals surface area contributed by atoms with Crippen molar-refractivity contribution in [1.82, 2.24) is 26.6 Å². The van der Waals surface area contributed by atoms with Crippen LogP contribution in [0.4, 0.5) is 0 Å². The quantitative estimate of drug-likeness (QED) is 0.0554. The van der Waals surface area contributed by atoms with Gasteiger partial charge in [-0.3, -0.25) is 19.8 Å². The van der Waals surface area contributed by atoms with E-state index in [-0.39, 0.29) is 53.2 Å². The van der Waals surface area contributed by atoms with Gasteiger partial charge < -0.3 is 35.9 Å². The predicted molar refractivity (Wildman–Crippen MR) is 163 cm³/mol. The fourth-order valence-electron chi connectivity index (χ4n) is 6.63. The summed E-state index contributed by atoms with van der Waals surface area (Å²) in [7, 11) is 1.13. The summed E-state index contributed by atoms with van der Waals surface area (Å²) in [6, 6.07) is -0.728. The lowest BCUT2D eigenvalue weighted by atomic mass is 9.43. The maximum absolute atomic E-state index is 13.7. The standard InChI is InChI=1S/C28H51BN6O5S/c1-17(2)13-23(29-39-22-15-19-14-21(27(19,4)5)28(22,6)40-29)35-25(38)20(9-8-11-32-26(30)31-7)34-24(37)10-12-41-16-33-18(3)36/h17,19-23H,8-16H2,1-7H3,(H,33,36)(H,34,37)(H,35,38)(H3,30,31,32)/t19-,20-,21-,22+,23-,28-/m0/s1. The van der Waals surface area contributed by atoms with E-state index in [1.807, 2.05) is 0 Å². The molecule has 0 radical (unpaired) electrons. The Balaban J connectivity index is 1.63. The summed E-state index contributed by atoms with van der Waals surface area (Å²) in [5, 5.41) is 22.2. The molecule has 1 heterocycles. The molecule has 0 aromatic carbocycles. The number of guanidine groups is 1. The minimum absolute atomic E-state index is 0.0231. The lowest BCUT2D eigenvalue weighted by Gasteiger charge is -2.64. The number of hydrogen-bond donors (Lipinski definition) is 6. The fraction of sp³-hybridized carbons (Fsp3) is 0.857. The SMILES string of the molecule is CNC(=N)NCCC[C@H](NC(=O)CCSCNC(C)=O)C(=O)N[C@@H](CC(C)C)B1O[C@@H]2C[C@@H]3C[C@@H](C3(C)C)[C@]2(C)O1. The molecule has 4 rings (SSSR count). The highest BCUT2D eigenvalue weighted by Gasteiger charge is 2.68. The maximum Gasteiger partial charge on any atom is 0.481 e. The van der Waals surface area contributed by atoms with E-state index in [4.69, 9.17) is 14.7 Å². The maximum atomic E-state index is 13.7. The van der Waals surface area contributed by atoms with Crippen LogP contribution in [-0.4, -0.2) is 79.7 Å². The third-order valence-electron chi connectivity index (χ3n) is 9.12. The third kappa shape index (κ3) is 8.53. The molecule has 6 N–H and O–H groups in total. The van der Waals surface area contributed by atoms with Crippen molar-refractivity contribution in [2.24, 2.45) is 23.2 Å². The zero-order valence-corrected chi connectivity index (χ0v) is 26.7. The molecular weight excluding hydrogens is 543 g/mol. The van der Waals surface area contributed by atoms with Gasteiger partial charge in [-0.15, -0.1) is 11.8 Å². The molecule has 4 fully saturated rings. The molecular formula is C28H51BN6O5S. The molecule has 2 bridgehead atoms. The first kappa shape index (κ1) is 33.5. The van der Waals surface area contributed by atoms with Gasteiger partial charge in [-0.05, 0) is 62.2 Å². The molecule has 0 aromatic heterocycles. The van der Waals surface area contributed by atoms with E-state index in [9.17, 15) is 14.4 Å². The van der Waals surface area contributed by atoms with Crippen LogP contribution >= 0.6 is 11.8 Å². The Hall–Kier alpha value is -1.99. The molecule has 3 amide bonds. The monoisotopic (exact) mass is 594 g/mol. The number of carbonyl (C=O) groups excluding carboxylic acids is 3. The molecule has 1 aliphatic heterocycles. The second-order valence-corrected chi connectivity index (χ2v) is 14.0. The van der Waals surface area contributed by atoms with Crippen LogP contribution in [0.15, 0.2) is 0 Å². The number of amides is 3. The molecule has 4 aliphatic rings. The van der Waals surface area contributed by atoms with Crippen LogP contribution < -0.4 is 26.6 Å². The van der Waals surface area contributed by atoms with E-state index < -0.39 is 13.2 Å². The van der Waals surface area contributed by atoms with Crippen LogP contribution in [0.2, 0.25) is 0 Å². The van der Waals surface area contributed by atoms with Gasteiger partial charge >= 0.3 is 7.12 Å². The molecule has 232 valence electrons. The van der Waals surface area contributed by atoms with Gasteiger partial charge in [0.15, 0.2) is 5.96 Å². The number of rotatable bonds is 15. The summed E-state index contributed by atoms with van der Waals surface area (Å²) >= 11 is 1.45. The van der Waals surface area contributed by atoms with Crippen LogP contribution in [0.1, 0.15) is 80.1 Å². The van der Waals surface area contributed by atoms with Crippen LogP contribution in [0, 0.1) is 28.6 Å². The number of hydrogen-bond acceptors (Lipinski definition) is 7. The van der Waals surface area contributed by atoms with Crippen molar-refractivity contribution in [2.75, 3.05) is 25.2 Å². The van der Waals surface area contributed by atoms with Gasteiger partial charge in [0, 0.05) is 32.7 Å². The van der Waals surface area contributed by atoms with Gasteiger partial charge in [-0.1, -0.05) is 27.7 Å². The lowest BCUT2D eigenvalue weighted by molar-refractivity contribution is -0.199. The Labute approximate surface area is 250 Å². The number of nitrogens with one attached hydrogen (secondary N) is 6. The zero-order valence-electron chi connectivity index (χ0n) is 25.9. The Morgan fingerprint density at radius 2 is 1.85 bits per heavy atom. The average Bonchev–Trinajstić information content (AvgIpc) is 3.26. The Bertz CT molecular complexity index is 955. The minimum Gasteiger partial charge on any atom is -0.404 e. The van der Waals surface area contributed by atoms with Gasteiger partial charge in [0.1, 0.15) is 6.04 Å². The summed E-state index contributed by atoms with van der Waals surface area (Å²) in [4.78, 5) is 37.5. The van der Waals surface area contributed by atoms with Gasteiger partial charge in [0.05, 0.1) is 23.5 Å². The molecule has 11 nitrogen and oxygen atoms in total. The van der Waals surface area contributed by atoms with Crippen LogP contribution in [0.5, 0.6) is 0 Å². The number of thioether (sulfide) groups is 1. The Kier molecular flexibility index (Phi) is 11.8. The fourth-order valence-corrected chi connectivity index (χ4v) is 7.41. The third-order valence-corrected chi connectivity index (χ3v) is 9.96.